The van der Waals surface area contributed by atoms with E-state index >= 15 is 0 Å². The van der Waals surface area contributed by atoms with Crippen LogP contribution in [-0.4, -0.2) is 20.6 Å². The highest BCUT2D eigenvalue weighted by atomic mass is 16.4. The van der Waals surface area contributed by atoms with E-state index in [1.165, 1.54) is 29.0 Å². The molecule has 0 amide bonds. The lowest BCUT2D eigenvalue weighted by molar-refractivity contribution is 0.0694. The maximum absolute atomic E-state index is 12.5. The largest absolute Gasteiger partial charge is 0.477 e. The molecule has 154 valence electrons. The lowest BCUT2D eigenvalue weighted by atomic mass is 9.83. The Hall–Kier alpha value is -3.21. The number of benzene rings is 1. The lowest BCUT2D eigenvalue weighted by Gasteiger charge is -2.34. The standard InChI is InChI=1S/C25H26N2O3/c1-5-16-8-20-18(9-19(16)17-7-6-15(4)26-12-17)10-22(14(2)3)27-13-21(25(29)30)24(28)11-23(20)27/h6-9,11-14,22H,5,10H2,1-4H3,(H,29,30). The van der Waals surface area contributed by atoms with Gasteiger partial charge in [0.15, 0.2) is 5.43 Å². The minimum atomic E-state index is -1.18. The van der Waals surface area contributed by atoms with Gasteiger partial charge in [0.25, 0.3) is 0 Å². The highest BCUT2D eigenvalue weighted by Crippen LogP contribution is 2.40. The van der Waals surface area contributed by atoms with Crippen molar-refractivity contribution in [3.05, 3.63) is 75.3 Å². The molecule has 5 heteroatoms. The van der Waals surface area contributed by atoms with Crippen LogP contribution in [0.3, 0.4) is 0 Å². The number of carboxylic acid groups (broad SMARTS) is 1. The zero-order valence-electron chi connectivity index (χ0n) is 17.8. The molecule has 5 nitrogen and oxygen atoms in total. The highest BCUT2D eigenvalue weighted by molar-refractivity contribution is 5.88. The van der Waals surface area contributed by atoms with Gasteiger partial charge in [-0.25, -0.2) is 4.79 Å². The van der Waals surface area contributed by atoms with Gasteiger partial charge in [-0.1, -0.05) is 32.9 Å². The molecule has 4 rings (SSSR count). The van der Waals surface area contributed by atoms with Crippen LogP contribution in [0.25, 0.3) is 22.4 Å². The van der Waals surface area contributed by atoms with Crippen LogP contribution in [0.2, 0.25) is 0 Å². The van der Waals surface area contributed by atoms with Crippen LogP contribution in [0, 0.1) is 12.8 Å². The predicted molar refractivity (Wildman–Crippen MR) is 118 cm³/mol. The second-order valence-corrected chi connectivity index (χ2v) is 8.37. The SMILES string of the molecule is CCc1cc2c(cc1-c1ccc(C)nc1)CC(C(C)C)n1cc(C(=O)O)c(=O)cc1-2. The van der Waals surface area contributed by atoms with Crippen molar-refractivity contribution in [2.24, 2.45) is 5.92 Å². The molecule has 0 spiro atoms. The van der Waals surface area contributed by atoms with E-state index in [2.05, 4.69) is 44.0 Å². The number of pyridine rings is 2. The van der Waals surface area contributed by atoms with Crippen LogP contribution >= 0.6 is 0 Å². The molecule has 0 bridgehead atoms. The number of carbonyl (C=O) groups is 1. The number of carboxylic acids is 1. The first-order chi connectivity index (χ1) is 14.3. The van der Waals surface area contributed by atoms with Crippen molar-refractivity contribution in [1.82, 2.24) is 9.55 Å². The Labute approximate surface area is 176 Å². The minimum Gasteiger partial charge on any atom is -0.477 e. The molecule has 1 atom stereocenters. The maximum atomic E-state index is 12.5. The predicted octanol–water partition coefficient (Wildman–Crippen LogP) is 4.90. The first-order valence-corrected chi connectivity index (χ1v) is 10.4. The smallest absolute Gasteiger partial charge is 0.341 e. The van der Waals surface area contributed by atoms with E-state index in [0.717, 1.165) is 35.4 Å². The molecule has 3 aromatic rings. The summed E-state index contributed by atoms with van der Waals surface area (Å²) in [5, 5.41) is 9.43. The quantitative estimate of drug-likeness (QED) is 0.674. The van der Waals surface area contributed by atoms with Gasteiger partial charge in [-0.3, -0.25) is 9.78 Å². The molecule has 1 unspecified atom stereocenters. The fraction of sp³-hybridized carbons (Fsp3) is 0.320. The molecule has 2 aromatic heterocycles. The number of hydrogen-bond acceptors (Lipinski definition) is 3. The molecule has 0 saturated carbocycles. The van der Waals surface area contributed by atoms with E-state index in [0.29, 0.717) is 0 Å². The molecule has 0 radical (unpaired) electrons. The fourth-order valence-electron chi connectivity index (χ4n) is 4.37. The van der Waals surface area contributed by atoms with Gasteiger partial charge in [-0.05, 0) is 54.5 Å². The molecule has 1 N–H and O–H groups in total. The van der Waals surface area contributed by atoms with Gasteiger partial charge in [0.2, 0.25) is 0 Å². The van der Waals surface area contributed by atoms with E-state index in [-0.39, 0.29) is 17.5 Å². The van der Waals surface area contributed by atoms with E-state index in [1.54, 1.807) is 0 Å². The zero-order chi connectivity index (χ0) is 21.6. The van der Waals surface area contributed by atoms with Gasteiger partial charge < -0.3 is 9.67 Å². The average Bonchev–Trinajstić information content (AvgIpc) is 2.72. The molecule has 0 fully saturated rings. The number of aryl methyl sites for hydroxylation is 2. The molecule has 1 aromatic carbocycles. The Kier molecular flexibility index (Phi) is 5.06. The summed E-state index contributed by atoms with van der Waals surface area (Å²) in [5.41, 5.74) is 6.80. The number of aromatic carboxylic acids is 1. The molecule has 0 saturated heterocycles. The molecule has 30 heavy (non-hydrogen) atoms. The summed E-state index contributed by atoms with van der Waals surface area (Å²) >= 11 is 0. The first kappa shape index (κ1) is 20.1. The Morgan fingerprint density at radius 3 is 2.60 bits per heavy atom. The maximum Gasteiger partial charge on any atom is 0.341 e. The normalized spacial score (nSPS) is 15.0. The van der Waals surface area contributed by atoms with Crippen molar-refractivity contribution >= 4 is 5.97 Å². The summed E-state index contributed by atoms with van der Waals surface area (Å²) in [6, 6.07) is 10.1. The van der Waals surface area contributed by atoms with Crippen LogP contribution in [-0.2, 0) is 12.8 Å². The number of aromatic nitrogens is 2. The Balaban J connectivity index is 1.96. The zero-order valence-corrected chi connectivity index (χ0v) is 17.8. The van der Waals surface area contributed by atoms with Crippen LogP contribution < -0.4 is 5.43 Å². The minimum absolute atomic E-state index is 0.0858. The van der Waals surface area contributed by atoms with Crippen LogP contribution in [0.4, 0.5) is 0 Å². The Morgan fingerprint density at radius 1 is 1.23 bits per heavy atom. The van der Waals surface area contributed by atoms with E-state index in [1.807, 2.05) is 23.8 Å². The van der Waals surface area contributed by atoms with Gasteiger partial charge in [0.05, 0.1) is 5.69 Å². The molecular weight excluding hydrogens is 376 g/mol. The van der Waals surface area contributed by atoms with Gasteiger partial charge in [0, 0.05) is 41.3 Å². The molecule has 0 aliphatic carbocycles. The van der Waals surface area contributed by atoms with Crippen molar-refractivity contribution in [2.45, 2.75) is 46.6 Å². The van der Waals surface area contributed by atoms with Crippen LogP contribution in [0.1, 0.15) is 54.0 Å². The summed E-state index contributed by atoms with van der Waals surface area (Å²) in [4.78, 5) is 28.5. The summed E-state index contributed by atoms with van der Waals surface area (Å²) < 4.78 is 1.99. The Bertz CT molecular complexity index is 1190. The number of fused-ring (bicyclic) bond motifs is 3. The Morgan fingerprint density at radius 2 is 2.00 bits per heavy atom. The molecule has 3 heterocycles. The molecular formula is C25H26N2O3. The number of hydrogen-bond donors (Lipinski definition) is 1. The van der Waals surface area contributed by atoms with Gasteiger partial charge in [0.1, 0.15) is 5.56 Å². The van der Waals surface area contributed by atoms with Crippen molar-refractivity contribution in [2.75, 3.05) is 0 Å². The third-order valence-electron chi connectivity index (χ3n) is 6.07. The monoisotopic (exact) mass is 402 g/mol. The topological polar surface area (TPSA) is 72.2 Å². The summed E-state index contributed by atoms with van der Waals surface area (Å²) in [5.74, 6) is -0.892. The van der Waals surface area contributed by atoms with Crippen molar-refractivity contribution in [3.8, 4) is 22.4 Å². The van der Waals surface area contributed by atoms with Crippen molar-refractivity contribution < 1.29 is 9.90 Å². The van der Waals surface area contributed by atoms with Gasteiger partial charge >= 0.3 is 5.97 Å². The van der Waals surface area contributed by atoms with E-state index < -0.39 is 11.4 Å². The number of nitrogens with zero attached hydrogens (tertiary/aromatic N) is 2. The molecule has 1 aliphatic rings. The summed E-state index contributed by atoms with van der Waals surface area (Å²) in [6.07, 6.45) is 5.08. The molecule has 1 aliphatic heterocycles. The van der Waals surface area contributed by atoms with Crippen molar-refractivity contribution in [1.29, 1.82) is 0 Å². The summed E-state index contributed by atoms with van der Waals surface area (Å²) in [6.45, 7) is 8.35. The lowest BCUT2D eigenvalue weighted by Crippen LogP contribution is -2.28. The van der Waals surface area contributed by atoms with Gasteiger partial charge in [-0.2, -0.15) is 0 Å². The number of rotatable bonds is 4. The highest BCUT2D eigenvalue weighted by Gasteiger charge is 2.28. The first-order valence-electron chi connectivity index (χ1n) is 10.4. The van der Waals surface area contributed by atoms with Crippen LogP contribution in [0.5, 0.6) is 0 Å². The second kappa shape index (κ2) is 7.56. The van der Waals surface area contributed by atoms with E-state index in [9.17, 15) is 14.7 Å². The summed E-state index contributed by atoms with van der Waals surface area (Å²) in [7, 11) is 0. The van der Waals surface area contributed by atoms with E-state index in [4.69, 9.17) is 0 Å². The van der Waals surface area contributed by atoms with Crippen LogP contribution in [0.15, 0.2) is 47.5 Å². The van der Waals surface area contributed by atoms with Gasteiger partial charge in [-0.15, -0.1) is 0 Å². The van der Waals surface area contributed by atoms with Crippen molar-refractivity contribution in [3.63, 3.8) is 0 Å². The third-order valence-corrected chi connectivity index (χ3v) is 6.07. The third kappa shape index (κ3) is 3.34. The average molecular weight is 402 g/mol. The second-order valence-electron chi connectivity index (χ2n) is 8.37. The fourth-order valence-corrected chi connectivity index (χ4v) is 4.37.